The average Bonchev–Trinajstić information content (AvgIpc) is 3.09. The Morgan fingerprint density at radius 3 is 2.96 bits per heavy atom. The number of morpholine rings is 1. The van der Waals surface area contributed by atoms with Crippen LogP contribution in [-0.4, -0.2) is 41.0 Å². The van der Waals surface area contributed by atoms with E-state index in [0.29, 0.717) is 13.1 Å². The van der Waals surface area contributed by atoms with Crippen LogP contribution in [0.2, 0.25) is 0 Å². The molecule has 0 saturated carbocycles. The number of aromatic nitrogens is 1. The van der Waals surface area contributed by atoms with Gasteiger partial charge >= 0.3 is 0 Å². The van der Waals surface area contributed by atoms with Crippen LogP contribution >= 0.6 is 11.3 Å². The van der Waals surface area contributed by atoms with E-state index < -0.39 is 6.04 Å². The van der Waals surface area contributed by atoms with Crippen molar-refractivity contribution in [1.29, 1.82) is 0 Å². The monoisotopic (exact) mass is 331 g/mol. The third-order valence-corrected chi connectivity index (χ3v) is 4.37. The Hall–Kier alpha value is -2.25. The zero-order chi connectivity index (χ0) is 16.1. The first kappa shape index (κ1) is 15.6. The molecule has 1 aliphatic heterocycles. The molecule has 3 rings (SSSR count). The number of hydrogen-bond acceptors (Lipinski definition) is 5. The van der Waals surface area contributed by atoms with Crippen molar-refractivity contribution in [2.75, 3.05) is 13.2 Å². The van der Waals surface area contributed by atoms with Crippen LogP contribution in [0.15, 0.2) is 41.9 Å². The summed E-state index contributed by atoms with van der Waals surface area (Å²) >= 11 is 1.48. The molecule has 1 aliphatic rings. The lowest BCUT2D eigenvalue weighted by Crippen LogP contribution is -2.55. The molecule has 1 aromatic heterocycles. The number of carbonyl (C=O) groups is 2. The number of benzene rings is 1. The van der Waals surface area contributed by atoms with Gasteiger partial charge in [-0.25, -0.2) is 4.98 Å². The quantitative estimate of drug-likeness (QED) is 0.893. The summed E-state index contributed by atoms with van der Waals surface area (Å²) in [5, 5.41) is 5.51. The predicted molar refractivity (Wildman–Crippen MR) is 85.6 cm³/mol. The minimum absolute atomic E-state index is 0.0170. The van der Waals surface area contributed by atoms with Crippen molar-refractivity contribution in [3.05, 3.63) is 52.5 Å². The van der Waals surface area contributed by atoms with E-state index in [1.54, 1.807) is 11.1 Å². The van der Waals surface area contributed by atoms with E-state index in [9.17, 15) is 9.59 Å². The van der Waals surface area contributed by atoms with Gasteiger partial charge in [0.2, 0.25) is 11.8 Å². The molecule has 1 aromatic carbocycles. The highest BCUT2D eigenvalue weighted by Crippen LogP contribution is 2.14. The van der Waals surface area contributed by atoms with Gasteiger partial charge in [0.15, 0.2) is 0 Å². The van der Waals surface area contributed by atoms with Crippen molar-refractivity contribution in [3.63, 3.8) is 0 Å². The number of nitrogens with zero attached hydrogens (tertiary/aromatic N) is 2. The van der Waals surface area contributed by atoms with Crippen LogP contribution in [0.25, 0.3) is 0 Å². The van der Waals surface area contributed by atoms with E-state index in [1.807, 2.05) is 35.7 Å². The largest absolute Gasteiger partial charge is 0.369 e. The summed E-state index contributed by atoms with van der Waals surface area (Å²) in [6.45, 7) is 0.990. The molecule has 1 fully saturated rings. The first-order valence-electron chi connectivity index (χ1n) is 7.31. The number of thiazole rings is 1. The van der Waals surface area contributed by atoms with Gasteiger partial charge < -0.3 is 15.0 Å². The molecule has 0 bridgehead atoms. The van der Waals surface area contributed by atoms with Crippen LogP contribution in [0.3, 0.4) is 0 Å². The first-order valence-corrected chi connectivity index (χ1v) is 8.19. The molecule has 1 saturated heterocycles. The summed E-state index contributed by atoms with van der Waals surface area (Å²) in [4.78, 5) is 30.3. The molecule has 1 atom stereocenters. The molecular formula is C16H17N3O3S. The van der Waals surface area contributed by atoms with Gasteiger partial charge in [-0.2, -0.15) is 0 Å². The number of nitrogens with one attached hydrogen (secondary N) is 1. The van der Waals surface area contributed by atoms with E-state index in [2.05, 4.69) is 10.3 Å². The molecule has 6 nitrogen and oxygen atoms in total. The molecule has 0 unspecified atom stereocenters. The number of amides is 2. The lowest BCUT2D eigenvalue weighted by atomic mass is 10.1. The Labute approximate surface area is 138 Å². The van der Waals surface area contributed by atoms with Gasteiger partial charge in [0, 0.05) is 18.1 Å². The smallest absolute Gasteiger partial charge is 0.249 e. The molecule has 0 aliphatic carbocycles. The second-order valence-electron chi connectivity index (χ2n) is 5.18. The minimum Gasteiger partial charge on any atom is -0.369 e. The molecule has 2 heterocycles. The van der Waals surface area contributed by atoms with Crippen molar-refractivity contribution in [2.24, 2.45) is 0 Å². The van der Waals surface area contributed by atoms with Crippen LogP contribution in [0.4, 0.5) is 0 Å². The Balaban J connectivity index is 1.67. The highest BCUT2D eigenvalue weighted by Gasteiger charge is 2.33. The van der Waals surface area contributed by atoms with Crippen molar-refractivity contribution in [1.82, 2.24) is 15.2 Å². The lowest BCUT2D eigenvalue weighted by Gasteiger charge is -2.34. The standard InChI is InChI=1S/C16H17N3O3S/c20-15-11-22-10-13(16(21)18-8-14-17-6-7-23-14)19(15)9-12-4-2-1-3-5-12/h1-7,13H,8-11H2,(H,18,21)/t13-/m0/s1. The molecule has 7 heteroatoms. The lowest BCUT2D eigenvalue weighted by molar-refractivity contribution is -0.155. The molecule has 1 N–H and O–H groups in total. The highest BCUT2D eigenvalue weighted by atomic mass is 32.1. The second kappa shape index (κ2) is 7.34. The molecule has 0 radical (unpaired) electrons. The molecule has 2 aromatic rings. The number of ether oxygens (including phenoxy) is 1. The fourth-order valence-corrected chi connectivity index (χ4v) is 2.98. The average molecular weight is 331 g/mol. The topological polar surface area (TPSA) is 71.5 Å². The van der Waals surface area contributed by atoms with Crippen molar-refractivity contribution < 1.29 is 14.3 Å². The summed E-state index contributed by atoms with van der Waals surface area (Å²) < 4.78 is 5.26. The predicted octanol–water partition coefficient (Wildman–Crippen LogP) is 1.19. The van der Waals surface area contributed by atoms with E-state index in [0.717, 1.165) is 10.6 Å². The minimum atomic E-state index is -0.614. The van der Waals surface area contributed by atoms with Crippen LogP contribution in [0.1, 0.15) is 10.6 Å². The summed E-state index contributed by atoms with van der Waals surface area (Å²) in [6, 6.07) is 9.01. The highest BCUT2D eigenvalue weighted by molar-refractivity contribution is 7.09. The maximum atomic E-state index is 12.4. The molecule has 0 spiro atoms. The third-order valence-electron chi connectivity index (χ3n) is 3.59. The Morgan fingerprint density at radius 2 is 2.22 bits per heavy atom. The van der Waals surface area contributed by atoms with Gasteiger partial charge in [-0.05, 0) is 5.56 Å². The normalized spacial score (nSPS) is 18.0. The van der Waals surface area contributed by atoms with Crippen LogP contribution in [0.5, 0.6) is 0 Å². The van der Waals surface area contributed by atoms with Crippen LogP contribution in [0, 0.1) is 0 Å². The number of rotatable bonds is 5. The zero-order valence-corrected chi connectivity index (χ0v) is 13.3. The van der Waals surface area contributed by atoms with Crippen molar-refractivity contribution >= 4 is 23.2 Å². The fourth-order valence-electron chi connectivity index (χ4n) is 2.42. The summed E-state index contributed by atoms with van der Waals surface area (Å²) in [5.41, 5.74) is 0.987. The summed E-state index contributed by atoms with van der Waals surface area (Å²) in [6.07, 6.45) is 1.70. The van der Waals surface area contributed by atoms with Gasteiger partial charge in [-0.15, -0.1) is 11.3 Å². The fraction of sp³-hybridized carbons (Fsp3) is 0.312. The molecule has 23 heavy (non-hydrogen) atoms. The van der Waals surface area contributed by atoms with Crippen LogP contribution in [-0.2, 0) is 27.4 Å². The summed E-state index contributed by atoms with van der Waals surface area (Å²) in [5.74, 6) is -0.390. The maximum absolute atomic E-state index is 12.4. The Morgan fingerprint density at radius 1 is 1.39 bits per heavy atom. The van der Waals surface area contributed by atoms with Gasteiger partial charge in [0.1, 0.15) is 17.7 Å². The van der Waals surface area contributed by atoms with Crippen LogP contribution < -0.4 is 5.32 Å². The zero-order valence-electron chi connectivity index (χ0n) is 12.5. The third kappa shape index (κ3) is 3.94. The van der Waals surface area contributed by atoms with E-state index in [-0.39, 0.29) is 25.0 Å². The second-order valence-corrected chi connectivity index (χ2v) is 6.16. The van der Waals surface area contributed by atoms with Crippen molar-refractivity contribution in [2.45, 2.75) is 19.1 Å². The number of carbonyl (C=O) groups excluding carboxylic acids is 2. The maximum Gasteiger partial charge on any atom is 0.249 e. The van der Waals surface area contributed by atoms with E-state index >= 15 is 0 Å². The van der Waals surface area contributed by atoms with E-state index in [1.165, 1.54) is 11.3 Å². The van der Waals surface area contributed by atoms with E-state index in [4.69, 9.17) is 4.74 Å². The van der Waals surface area contributed by atoms with Gasteiger partial charge in [-0.1, -0.05) is 30.3 Å². The molecule has 120 valence electrons. The van der Waals surface area contributed by atoms with Gasteiger partial charge in [0.25, 0.3) is 0 Å². The van der Waals surface area contributed by atoms with Gasteiger partial charge in [-0.3, -0.25) is 9.59 Å². The van der Waals surface area contributed by atoms with Gasteiger partial charge in [0.05, 0.1) is 13.2 Å². The Bertz CT molecular complexity index is 660. The summed E-state index contributed by atoms with van der Waals surface area (Å²) in [7, 11) is 0. The van der Waals surface area contributed by atoms with Crippen molar-refractivity contribution in [3.8, 4) is 0 Å². The Kier molecular flexibility index (Phi) is 4.99. The molecular weight excluding hydrogens is 314 g/mol. The molecule has 2 amide bonds. The SMILES string of the molecule is O=C(NCc1nccs1)[C@@H]1COCC(=O)N1Cc1ccccc1. The number of hydrogen-bond donors (Lipinski definition) is 1. The first-order chi connectivity index (χ1) is 11.2.